The maximum atomic E-state index is 12.6. The van der Waals surface area contributed by atoms with Gasteiger partial charge in [0.1, 0.15) is 5.92 Å². The summed E-state index contributed by atoms with van der Waals surface area (Å²) in [5, 5.41) is 7.51. The normalized spacial score (nSPS) is 23.7. The Bertz CT molecular complexity index is 589. The Hall–Kier alpha value is -1.86. The first-order chi connectivity index (χ1) is 9.51. The van der Waals surface area contributed by atoms with Crippen molar-refractivity contribution in [3.63, 3.8) is 0 Å². The Kier molecular flexibility index (Phi) is 3.59. The van der Waals surface area contributed by atoms with E-state index in [4.69, 9.17) is 5.41 Å². The molecule has 8 heteroatoms. The molecule has 2 atom stereocenters. The van der Waals surface area contributed by atoms with Crippen molar-refractivity contribution in [3.05, 3.63) is 35.4 Å². The zero-order valence-electron chi connectivity index (χ0n) is 10.3. The molecule has 0 saturated heterocycles. The van der Waals surface area contributed by atoms with Gasteiger partial charge >= 0.3 is 12.4 Å². The molecule has 0 heterocycles. The van der Waals surface area contributed by atoms with Crippen molar-refractivity contribution < 1.29 is 31.1 Å². The van der Waals surface area contributed by atoms with E-state index in [-0.39, 0.29) is 5.56 Å². The highest BCUT2D eigenvalue weighted by Gasteiger charge is 2.53. The fraction of sp³-hybridized carbons (Fsp3) is 0.385. The van der Waals surface area contributed by atoms with E-state index >= 15 is 0 Å². The maximum Gasteiger partial charge on any atom is 0.416 e. The molecule has 1 N–H and O–H groups in total. The van der Waals surface area contributed by atoms with Gasteiger partial charge in [0.2, 0.25) is 0 Å². The molecule has 0 aromatic heterocycles. The van der Waals surface area contributed by atoms with E-state index in [0.29, 0.717) is 6.07 Å². The van der Waals surface area contributed by atoms with E-state index in [0.717, 1.165) is 18.2 Å². The molecular weight excluding hydrogens is 300 g/mol. The summed E-state index contributed by atoms with van der Waals surface area (Å²) < 4.78 is 75.7. The maximum absolute atomic E-state index is 12.6. The number of benzene rings is 1. The molecule has 1 saturated carbocycles. The molecule has 0 aliphatic heterocycles. The third-order valence-electron chi connectivity index (χ3n) is 3.34. The van der Waals surface area contributed by atoms with Crippen molar-refractivity contribution in [1.29, 1.82) is 5.41 Å². The molecule has 2 unspecified atom stereocenters. The predicted octanol–water partition coefficient (Wildman–Crippen LogP) is 3.96. The fourth-order valence-corrected chi connectivity index (χ4v) is 2.35. The van der Waals surface area contributed by atoms with Gasteiger partial charge in [-0.2, -0.15) is 26.3 Å². The molecular formula is C13H9F6NO. The van der Waals surface area contributed by atoms with E-state index in [1.807, 2.05) is 0 Å². The van der Waals surface area contributed by atoms with Crippen molar-refractivity contribution in [2.45, 2.75) is 24.7 Å². The van der Waals surface area contributed by atoms with Crippen LogP contribution in [-0.2, 0) is 11.0 Å². The Morgan fingerprint density at radius 1 is 1.10 bits per heavy atom. The number of hydrogen-bond donors (Lipinski definition) is 1. The van der Waals surface area contributed by atoms with Crippen LogP contribution in [0.1, 0.15) is 23.5 Å². The second kappa shape index (κ2) is 4.85. The Balaban J connectivity index is 2.39. The highest BCUT2D eigenvalue weighted by Crippen LogP contribution is 2.42. The Morgan fingerprint density at radius 2 is 1.71 bits per heavy atom. The molecule has 114 valence electrons. The molecule has 1 aliphatic carbocycles. The summed E-state index contributed by atoms with van der Waals surface area (Å²) in [4.78, 5) is 11.8. The van der Waals surface area contributed by atoms with Crippen molar-refractivity contribution >= 4 is 11.5 Å². The lowest BCUT2D eigenvalue weighted by molar-refractivity contribution is -0.177. The van der Waals surface area contributed by atoms with Gasteiger partial charge in [0.05, 0.1) is 11.5 Å². The van der Waals surface area contributed by atoms with Crippen molar-refractivity contribution in [2.24, 2.45) is 5.92 Å². The van der Waals surface area contributed by atoms with Gasteiger partial charge < -0.3 is 5.41 Å². The SMILES string of the molecule is N=C1CC(C(F)(F)F)C(=O)C1c1cccc(C(F)(F)F)c1. The third kappa shape index (κ3) is 2.93. The summed E-state index contributed by atoms with van der Waals surface area (Å²) in [5.41, 5.74) is -1.80. The largest absolute Gasteiger partial charge is 0.416 e. The molecule has 0 bridgehead atoms. The van der Waals surface area contributed by atoms with Gasteiger partial charge in [-0.15, -0.1) is 0 Å². The smallest absolute Gasteiger partial charge is 0.309 e. The molecule has 1 aromatic rings. The average Bonchev–Trinajstić information content (AvgIpc) is 2.64. The summed E-state index contributed by atoms with van der Waals surface area (Å²) in [6.45, 7) is 0. The number of carbonyl (C=O) groups is 1. The molecule has 21 heavy (non-hydrogen) atoms. The summed E-state index contributed by atoms with van der Waals surface area (Å²) in [6, 6.07) is 3.52. The first-order valence-electron chi connectivity index (χ1n) is 5.86. The van der Waals surface area contributed by atoms with Crippen LogP contribution in [0.5, 0.6) is 0 Å². The van der Waals surface area contributed by atoms with Crippen molar-refractivity contribution in [3.8, 4) is 0 Å². The van der Waals surface area contributed by atoms with E-state index in [9.17, 15) is 31.1 Å². The number of halogens is 6. The lowest BCUT2D eigenvalue weighted by Crippen LogP contribution is -2.28. The minimum Gasteiger partial charge on any atom is -0.309 e. The van der Waals surface area contributed by atoms with Crippen molar-refractivity contribution in [2.75, 3.05) is 0 Å². The van der Waals surface area contributed by atoms with Gasteiger partial charge in [0, 0.05) is 12.1 Å². The minimum absolute atomic E-state index is 0.230. The average molecular weight is 309 g/mol. The zero-order chi connectivity index (χ0) is 16.0. The van der Waals surface area contributed by atoms with Gasteiger partial charge in [-0.05, 0) is 11.6 Å². The predicted molar refractivity (Wildman–Crippen MR) is 61.1 cm³/mol. The van der Waals surface area contributed by atoms with Gasteiger partial charge in [0.15, 0.2) is 5.78 Å². The molecule has 0 amide bonds. The monoisotopic (exact) mass is 309 g/mol. The van der Waals surface area contributed by atoms with Crippen LogP contribution in [0.4, 0.5) is 26.3 Å². The first kappa shape index (κ1) is 15.5. The van der Waals surface area contributed by atoms with E-state index in [2.05, 4.69) is 0 Å². The number of nitrogens with one attached hydrogen (secondary N) is 1. The zero-order valence-corrected chi connectivity index (χ0v) is 10.3. The number of rotatable bonds is 1. The van der Waals surface area contributed by atoms with Crippen LogP contribution in [0.3, 0.4) is 0 Å². The van der Waals surface area contributed by atoms with E-state index in [1.54, 1.807) is 0 Å². The summed E-state index contributed by atoms with van der Waals surface area (Å²) >= 11 is 0. The number of ketones is 1. The summed E-state index contributed by atoms with van der Waals surface area (Å²) in [5.74, 6) is -5.14. The topological polar surface area (TPSA) is 40.9 Å². The van der Waals surface area contributed by atoms with Crippen LogP contribution in [0.25, 0.3) is 0 Å². The lowest BCUT2D eigenvalue weighted by Gasteiger charge is -2.14. The standard InChI is InChI=1S/C13H9F6NO/c14-12(15,16)7-3-1-2-6(4-7)10-9(20)5-8(11(10)21)13(17,18)19/h1-4,8,10,20H,5H2. The summed E-state index contributed by atoms with van der Waals surface area (Å²) in [6.07, 6.45) is -10.3. The van der Waals surface area contributed by atoms with E-state index < -0.39 is 47.7 Å². The molecule has 1 aromatic carbocycles. The van der Waals surface area contributed by atoms with Gasteiger partial charge in [-0.25, -0.2) is 0 Å². The number of hydrogen-bond acceptors (Lipinski definition) is 2. The molecule has 0 spiro atoms. The highest BCUT2D eigenvalue weighted by atomic mass is 19.4. The van der Waals surface area contributed by atoms with Crippen LogP contribution in [0.2, 0.25) is 0 Å². The third-order valence-corrected chi connectivity index (χ3v) is 3.34. The second-order valence-electron chi connectivity index (χ2n) is 4.78. The lowest BCUT2D eigenvalue weighted by atomic mass is 9.92. The molecule has 2 nitrogen and oxygen atoms in total. The van der Waals surface area contributed by atoms with Gasteiger partial charge in [0.25, 0.3) is 0 Å². The molecule has 2 rings (SSSR count). The van der Waals surface area contributed by atoms with Gasteiger partial charge in [-0.3, -0.25) is 4.79 Å². The molecule has 1 aliphatic rings. The molecule has 1 fully saturated rings. The van der Waals surface area contributed by atoms with Crippen molar-refractivity contribution in [1.82, 2.24) is 0 Å². The highest BCUT2D eigenvalue weighted by molar-refractivity contribution is 6.16. The molecule has 0 radical (unpaired) electrons. The Morgan fingerprint density at radius 3 is 2.19 bits per heavy atom. The van der Waals surface area contributed by atoms with Crippen LogP contribution in [-0.4, -0.2) is 17.7 Å². The van der Waals surface area contributed by atoms with Crippen LogP contribution in [0.15, 0.2) is 24.3 Å². The van der Waals surface area contributed by atoms with Crippen LogP contribution in [0, 0.1) is 11.3 Å². The number of alkyl halides is 6. The van der Waals surface area contributed by atoms with E-state index in [1.165, 1.54) is 0 Å². The summed E-state index contributed by atoms with van der Waals surface area (Å²) in [7, 11) is 0. The quantitative estimate of drug-likeness (QED) is 0.784. The second-order valence-corrected chi connectivity index (χ2v) is 4.78. The number of carbonyl (C=O) groups excluding carboxylic acids is 1. The first-order valence-corrected chi connectivity index (χ1v) is 5.86. The number of Topliss-reactive ketones (excluding diaryl/α,β-unsaturated/α-hetero) is 1. The van der Waals surface area contributed by atoms with Gasteiger partial charge in [-0.1, -0.05) is 18.2 Å². The minimum atomic E-state index is -4.79. The van der Waals surface area contributed by atoms with Crippen LogP contribution >= 0.6 is 0 Å². The fourth-order valence-electron chi connectivity index (χ4n) is 2.35. The Labute approximate surface area is 115 Å². The van der Waals surface area contributed by atoms with Crippen LogP contribution < -0.4 is 0 Å².